The number of benzene rings is 1. The maximum Gasteiger partial charge on any atom is 0.271 e. The zero-order valence-electron chi connectivity index (χ0n) is 10.1. The van der Waals surface area contributed by atoms with Crippen LogP contribution in [0.1, 0.15) is 6.92 Å². The molecular formula is C12H11N3O3S. The summed E-state index contributed by atoms with van der Waals surface area (Å²) in [6.07, 6.45) is -1.08. The summed E-state index contributed by atoms with van der Waals surface area (Å²) in [5.41, 5.74) is 1.55. The highest BCUT2D eigenvalue weighted by Gasteiger charge is 2.34. The molecule has 0 radical (unpaired) electrons. The van der Waals surface area contributed by atoms with Crippen LogP contribution in [0.3, 0.4) is 0 Å². The molecule has 2 heterocycles. The Morgan fingerprint density at radius 3 is 2.74 bits per heavy atom. The van der Waals surface area contributed by atoms with E-state index in [0.29, 0.717) is 16.6 Å². The smallest absolute Gasteiger partial charge is 0.271 e. The lowest BCUT2D eigenvalue weighted by Crippen LogP contribution is -2.46. The number of nitrogens with zero attached hydrogens (tertiary/aromatic N) is 2. The number of nitrogens with one attached hydrogen (secondary N) is 1. The third kappa shape index (κ3) is 2.37. The van der Waals surface area contributed by atoms with E-state index in [1.165, 1.54) is 11.3 Å². The first-order valence-electron chi connectivity index (χ1n) is 5.73. The molecule has 7 heteroatoms. The normalized spacial score (nSPS) is 20.9. The highest BCUT2D eigenvalue weighted by Crippen LogP contribution is 2.33. The molecule has 2 aromatic rings. The molecule has 0 unspecified atom stereocenters. The Balaban J connectivity index is 1.77. The molecule has 1 amide bonds. The summed E-state index contributed by atoms with van der Waals surface area (Å²) < 4.78 is 11.3. The maximum absolute atomic E-state index is 12.1. The number of fused-ring (bicyclic) bond motifs is 1. The molecule has 0 fully saturated rings. The summed E-state index contributed by atoms with van der Waals surface area (Å²) in [5, 5.41) is 10.5. The van der Waals surface area contributed by atoms with Crippen molar-refractivity contribution in [2.45, 2.75) is 19.1 Å². The average Bonchev–Trinajstić information content (AvgIpc) is 2.90. The van der Waals surface area contributed by atoms with Gasteiger partial charge in [-0.15, -0.1) is 10.2 Å². The van der Waals surface area contributed by atoms with Crippen molar-refractivity contribution in [1.82, 2.24) is 10.2 Å². The Morgan fingerprint density at radius 1 is 1.32 bits per heavy atom. The number of carbonyl (C=O) groups excluding carboxylic acids is 1. The third-order valence-corrected chi connectivity index (χ3v) is 3.30. The molecule has 1 aliphatic heterocycles. The number of carbonyl (C=O) groups is 1. The van der Waals surface area contributed by atoms with E-state index in [2.05, 4.69) is 15.5 Å². The molecule has 0 saturated heterocycles. The number of para-hydroxylation sites is 2. The molecular weight excluding hydrogens is 266 g/mol. The summed E-state index contributed by atoms with van der Waals surface area (Å²) in [6, 6.07) is 7.27. The third-order valence-electron chi connectivity index (χ3n) is 2.69. The molecule has 1 aromatic heterocycles. The van der Waals surface area contributed by atoms with E-state index in [0.717, 1.165) is 0 Å². The Kier molecular flexibility index (Phi) is 3.04. The maximum atomic E-state index is 12.1. The zero-order valence-corrected chi connectivity index (χ0v) is 10.9. The zero-order chi connectivity index (χ0) is 13.2. The number of rotatable bonds is 2. The molecule has 3 rings (SSSR count). The van der Waals surface area contributed by atoms with Crippen molar-refractivity contribution >= 4 is 22.4 Å². The van der Waals surface area contributed by atoms with Gasteiger partial charge in [0.05, 0.1) is 0 Å². The van der Waals surface area contributed by atoms with Gasteiger partial charge in [0, 0.05) is 0 Å². The minimum atomic E-state index is -0.709. The fourth-order valence-electron chi connectivity index (χ4n) is 1.81. The van der Waals surface area contributed by atoms with Crippen molar-refractivity contribution in [2.75, 3.05) is 5.32 Å². The number of hydrogen-bond donors (Lipinski definition) is 1. The molecule has 1 N–H and O–H groups in total. The van der Waals surface area contributed by atoms with Crippen LogP contribution in [0.25, 0.3) is 0 Å². The molecule has 1 aromatic carbocycles. The lowest BCUT2D eigenvalue weighted by molar-refractivity contribution is -0.128. The number of anilines is 1. The molecule has 6 nitrogen and oxygen atoms in total. The highest BCUT2D eigenvalue weighted by molar-refractivity contribution is 7.13. The SMILES string of the molecule is C[C@@H]1Oc2ccccc2O[C@@H]1C(=O)Nc1nncs1. The van der Waals surface area contributed by atoms with Gasteiger partial charge in [0.1, 0.15) is 11.6 Å². The molecule has 0 spiro atoms. The molecule has 0 bridgehead atoms. The second kappa shape index (κ2) is 4.85. The van der Waals surface area contributed by atoms with Crippen LogP contribution in [0, 0.1) is 0 Å². The molecule has 1 aliphatic rings. The predicted molar refractivity (Wildman–Crippen MR) is 69.5 cm³/mol. The Labute approximate surface area is 113 Å². The van der Waals surface area contributed by atoms with Crippen LogP contribution in [0.5, 0.6) is 11.5 Å². The van der Waals surface area contributed by atoms with Gasteiger partial charge in [-0.3, -0.25) is 10.1 Å². The van der Waals surface area contributed by atoms with Crippen LogP contribution in [0.4, 0.5) is 5.13 Å². The fourth-order valence-corrected chi connectivity index (χ4v) is 2.26. The van der Waals surface area contributed by atoms with Gasteiger partial charge in [0.2, 0.25) is 11.2 Å². The lowest BCUT2D eigenvalue weighted by Gasteiger charge is -2.30. The van der Waals surface area contributed by atoms with Gasteiger partial charge in [0.15, 0.2) is 11.5 Å². The Bertz CT molecular complexity index is 588. The van der Waals surface area contributed by atoms with E-state index in [-0.39, 0.29) is 12.0 Å². The fraction of sp³-hybridized carbons (Fsp3) is 0.250. The van der Waals surface area contributed by atoms with E-state index >= 15 is 0 Å². The molecule has 19 heavy (non-hydrogen) atoms. The van der Waals surface area contributed by atoms with E-state index in [1.807, 2.05) is 18.2 Å². The number of amides is 1. The summed E-state index contributed by atoms with van der Waals surface area (Å²) in [5.74, 6) is 0.923. The van der Waals surface area contributed by atoms with E-state index < -0.39 is 6.10 Å². The molecule has 98 valence electrons. The second-order valence-corrected chi connectivity index (χ2v) is 4.87. The van der Waals surface area contributed by atoms with E-state index in [4.69, 9.17) is 9.47 Å². The van der Waals surface area contributed by atoms with Crippen LogP contribution in [0.15, 0.2) is 29.8 Å². The summed E-state index contributed by atoms with van der Waals surface area (Å²) >= 11 is 1.25. The monoisotopic (exact) mass is 277 g/mol. The molecule has 0 saturated carbocycles. The quantitative estimate of drug-likeness (QED) is 0.904. The number of aromatic nitrogens is 2. The average molecular weight is 277 g/mol. The first kappa shape index (κ1) is 11.9. The van der Waals surface area contributed by atoms with Crippen LogP contribution in [-0.4, -0.2) is 28.3 Å². The summed E-state index contributed by atoms with van der Waals surface area (Å²) in [7, 11) is 0. The van der Waals surface area contributed by atoms with E-state index in [9.17, 15) is 4.79 Å². The van der Waals surface area contributed by atoms with Gasteiger partial charge in [-0.25, -0.2) is 0 Å². The summed E-state index contributed by atoms with van der Waals surface area (Å²) in [4.78, 5) is 12.1. The summed E-state index contributed by atoms with van der Waals surface area (Å²) in [6.45, 7) is 1.79. The second-order valence-electron chi connectivity index (χ2n) is 4.04. The number of ether oxygens (including phenoxy) is 2. The van der Waals surface area contributed by atoms with Crippen LogP contribution in [-0.2, 0) is 4.79 Å². The highest BCUT2D eigenvalue weighted by atomic mass is 32.1. The minimum absolute atomic E-state index is 0.293. The predicted octanol–water partition coefficient (Wildman–Crippen LogP) is 1.71. The van der Waals surface area contributed by atoms with Crippen molar-refractivity contribution < 1.29 is 14.3 Å². The van der Waals surface area contributed by atoms with Gasteiger partial charge in [0.25, 0.3) is 5.91 Å². The Hall–Kier alpha value is -2.15. The van der Waals surface area contributed by atoms with Crippen molar-refractivity contribution in [1.29, 1.82) is 0 Å². The first-order chi connectivity index (χ1) is 9.24. The van der Waals surface area contributed by atoms with Crippen molar-refractivity contribution in [3.8, 4) is 11.5 Å². The van der Waals surface area contributed by atoms with Crippen LogP contribution in [0.2, 0.25) is 0 Å². The Morgan fingerprint density at radius 2 is 2.05 bits per heavy atom. The first-order valence-corrected chi connectivity index (χ1v) is 6.61. The number of hydrogen-bond acceptors (Lipinski definition) is 6. The van der Waals surface area contributed by atoms with Crippen LogP contribution >= 0.6 is 11.3 Å². The van der Waals surface area contributed by atoms with Crippen molar-refractivity contribution in [2.24, 2.45) is 0 Å². The van der Waals surface area contributed by atoms with Crippen molar-refractivity contribution in [3.05, 3.63) is 29.8 Å². The van der Waals surface area contributed by atoms with Gasteiger partial charge in [-0.2, -0.15) is 0 Å². The topological polar surface area (TPSA) is 73.3 Å². The lowest BCUT2D eigenvalue weighted by atomic mass is 10.1. The molecule has 2 atom stereocenters. The van der Waals surface area contributed by atoms with Gasteiger partial charge >= 0.3 is 0 Å². The molecule has 0 aliphatic carbocycles. The van der Waals surface area contributed by atoms with E-state index in [1.54, 1.807) is 18.5 Å². The van der Waals surface area contributed by atoms with Gasteiger partial charge < -0.3 is 9.47 Å². The standard InChI is InChI=1S/C12H11N3O3S/c1-7-10(11(16)14-12-15-13-6-19-12)18-9-5-3-2-4-8(9)17-7/h2-7,10H,1H3,(H,14,15,16)/t7-,10-/m0/s1. The van der Waals surface area contributed by atoms with Crippen molar-refractivity contribution in [3.63, 3.8) is 0 Å². The van der Waals surface area contributed by atoms with Gasteiger partial charge in [-0.05, 0) is 19.1 Å². The van der Waals surface area contributed by atoms with Crippen LogP contribution < -0.4 is 14.8 Å². The van der Waals surface area contributed by atoms with Gasteiger partial charge in [-0.1, -0.05) is 23.5 Å². The minimum Gasteiger partial charge on any atom is -0.482 e. The largest absolute Gasteiger partial charge is 0.482 e.